The van der Waals surface area contributed by atoms with E-state index in [1.807, 2.05) is 0 Å². The highest BCUT2D eigenvalue weighted by molar-refractivity contribution is 5.94. The molecule has 2 rings (SSSR count). The molecule has 6 heteroatoms. The van der Waals surface area contributed by atoms with E-state index in [2.05, 4.69) is 5.32 Å². The molecule has 1 heterocycles. The van der Waals surface area contributed by atoms with Crippen molar-refractivity contribution in [3.63, 3.8) is 0 Å². The third kappa shape index (κ3) is 3.96. The number of amides is 2. The van der Waals surface area contributed by atoms with Crippen LogP contribution < -0.4 is 15.8 Å². The van der Waals surface area contributed by atoms with Crippen molar-refractivity contribution >= 4 is 17.5 Å². The minimum absolute atomic E-state index is 0.0469. The Hall–Kier alpha value is -2.08. The second-order valence-electron chi connectivity index (χ2n) is 4.63. The Balaban J connectivity index is 1.83. The summed E-state index contributed by atoms with van der Waals surface area (Å²) in [4.78, 5) is 24.8. The first-order valence-electron chi connectivity index (χ1n) is 6.69. The summed E-state index contributed by atoms with van der Waals surface area (Å²) < 4.78 is 5.35. The van der Waals surface area contributed by atoms with Crippen molar-refractivity contribution < 1.29 is 14.3 Å². The molecule has 20 heavy (non-hydrogen) atoms. The van der Waals surface area contributed by atoms with E-state index in [4.69, 9.17) is 10.5 Å². The van der Waals surface area contributed by atoms with Crippen LogP contribution in [0.4, 0.5) is 5.69 Å². The van der Waals surface area contributed by atoms with E-state index >= 15 is 0 Å². The maximum Gasteiger partial charge on any atom is 0.243 e. The predicted molar refractivity (Wildman–Crippen MR) is 75.4 cm³/mol. The number of carbonyl (C=O) groups is 2. The number of hydrogen-bond acceptors (Lipinski definition) is 4. The van der Waals surface area contributed by atoms with Gasteiger partial charge in [-0.15, -0.1) is 0 Å². The lowest BCUT2D eigenvalue weighted by atomic mass is 10.3. The highest BCUT2D eigenvalue weighted by atomic mass is 16.5. The molecule has 0 saturated carbocycles. The van der Waals surface area contributed by atoms with Crippen LogP contribution in [0.3, 0.4) is 0 Å². The molecule has 3 N–H and O–H groups in total. The summed E-state index contributed by atoms with van der Waals surface area (Å²) in [6.45, 7) is 1.70. The number of nitrogens with two attached hydrogens (primary N) is 1. The number of anilines is 1. The SMILES string of the molecule is NCCOc1ccc(NC(=O)CN2CCCC2=O)cc1. The van der Waals surface area contributed by atoms with Crippen molar-refractivity contribution in [3.8, 4) is 5.75 Å². The van der Waals surface area contributed by atoms with E-state index in [1.165, 1.54) is 0 Å². The third-order valence-corrected chi connectivity index (χ3v) is 3.03. The molecule has 0 bridgehead atoms. The number of nitrogens with one attached hydrogen (secondary N) is 1. The highest BCUT2D eigenvalue weighted by Crippen LogP contribution is 2.16. The van der Waals surface area contributed by atoms with Crippen molar-refractivity contribution in [2.45, 2.75) is 12.8 Å². The maximum absolute atomic E-state index is 11.8. The Kier molecular flexibility index (Phi) is 4.95. The summed E-state index contributed by atoms with van der Waals surface area (Å²) >= 11 is 0. The average Bonchev–Trinajstić information content (AvgIpc) is 2.83. The second-order valence-corrected chi connectivity index (χ2v) is 4.63. The van der Waals surface area contributed by atoms with E-state index in [1.54, 1.807) is 29.2 Å². The molecule has 0 atom stereocenters. The van der Waals surface area contributed by atoms with Crippen LogP contribution in [0.15, 0.2) is 24.3 Å². The van der Waals surface area contributed by atoms with E-state index in [0.29, 0.717) is 37.6 Å². The fraction of sp³-hybridized carbons (Fsp3) is 0.429. The van der Waals surface area contributed by atoms with Gasteiger partial charge in [-0.1, -0.05) is 0 Å². The molecule has 0 radical (unpaired) electrons. The quantitative estimate of drug-likeness (QED) is 0.797. The molecule has 1 aromatic carbocycles. The summed E-state index contributed by atoms with van der Waals surface area (Å²) in [7, 11) is 0. The van der Waals surface area contributed by atoms with Gasteiger partial charge in [0, 0.05) is 25.2 Å². The summed E-state index contributed by atoms with van der Waals surface area (Å²) in [6, 6.07) is 7.06. The molecule has 0 aromatic heterocycles. The van der Waals surface area contributed by atoms with Gasteiger partial charge in [0.25, 0.3) is 0 Å². The van der Waals surface area contributed by atoms with Gasteiger partial charge < -0.3 is 20.7 Å². The van der Waals surface area contributed by atoms with Crippen LogP contribution in [0.2, 0.25) is 0 Å². The standard InChI is InChI=1S/C14H19N3O3/c15-7-9-20-12-5-3-11(4-6-12)16-13(18)10-17-8-1-2-14(17)19/h3-6H,1-2,7-10,15H2,(H,16,18). The highest BCUT2D eigenvalue weighted by Gasteiger charge is 2.22. The van der Waals surface area contributed by atoms with Gasteiger partial charge in [-0.25, -0.2) is 0 Å². The third-order valence-electron chi connectivity index (χ3n) is 3.03. The Bertz CT molecular complexity index is 473. The molecule has 6 nitrogen and oxygen atoms in total. The maximum atomic E-state index is 11.8. The van der Waals surface area contributed by atoms with Crippen LogP contribution >= 0.6 is 0 Å². The minimum Gasteiger partial charge on any atom is -0.492 e. The van der Waals surface area contributed by atoms with E-state index in [9.17, 15) is 9.59 Å². The minimum atomic E-state index is -0.184. The van der Waals surface area contributed by atoms with Gasteiger partial charge in [0.2, 0.25) is 11.8 Å². The fourth-order valence-electron chi connectivity index (χ4n) is 2.06. The summed E-state index contributed by atoms with van der Waals surface area (Å²) in [5.74, 6) is 0.574. The lowest BCUT2D eigenvalue weighted by Crippen LogP contribution is -2.33. The lowest BCUT2D eigenvalue weighted by molar-refractivity contribution is -0.131. The molecule has 1 saturated heterocycles. The number of ether oxygens (including phenoxy) is 1. The molecule has 1 fully saturated rings. The monoisotopic (exact) mass is 277 g/mol. The van der Waals surface area contributed by atoms with E-state index in [-0.39, 0.29) is 18.4 Å². The average molecular weight is 277 g/mol. The summed E-state index contributed by atoms with van der Waals surface area (Å²) in [5.41, 5.74) is 6.03. The molecule has 108 valence electrons. The van der Waals surface area contributed by atoms with Crippen LogP contribution in [0, 0.1) is 0 Å². The zero-order valence-electron chi connectivity index (χ0n) is 11.3. The molecular weight excluding hydrogens is 258 g/mol. The molecular formula is C14H19N3O3. The van der Waals surface area contributed by atoms with Gasteiger partial charge in [-0.05, 0) is 30.7 Å². The van der Waals surface area contributed by atoms with Crippen molar-refractivity contribution in [3.05, 3.63) is 24.3 Å². The molecule has 1 aromatic rings. The largest absolute Gasteiger partial charge is 0.492 e. The van der Waals surface area contributed by atoms with E-state index in [0.717, 1.165) is 6.42 Å². The number of nitrogens with zero attached hydrogens (tertiary/aromatic N) is 1. The van der Waals surface area contributed by atoms with Gasteiger partial charge in [0.15, 0.2) is 0 Å². The van der Waals surface area contributed by atoms with Gasteiger partial charge in [0.1, 0.15) is 12.4 Å². The molecule has 0 unspecified atom stereocenters. The topological polar surface area (TPSA) is 84.7 Å². The molecule has 1 aliphatic rings. The van der Waals surface area contributed by atoms with Gasteiger partial charge in [-0.3, -0.25) is 9.59 Å². The normalized spacial score (nSPS) is 14.4. The van der Waals surface area contributed by atoms with Crippen LogP contribution in [0.5, 0.6) is 5.75 Å². The van der Waals surface area contributed by atoms with Crippen molar-refractivity contribution in [1.29, 1.82) is 0 Å². The van der Waals surface area contributed by atoms with Crippen LogP contribution in [-0.4, -0.2) is 43.0 Å². The summed E-state index contributed by atoms with van der Waals surface area (Å²) in [6.07, 6.45) is 1.37. The fourth-order valence-corrected chi connectivity index (χ4v) is 2.06. The Morgan fingerprint density at radius 2 is 2.10 bits per heavy atom. The van der Waals surface area contributed by atoms with Gasteiger partial charge in [0.05, 0.1) is 6.54 Å². The first-order chi connectivity index (χ1) is 9.69. The molecule has 0 spiro atoms. The van der Waals surface area contributed by atoms with Crippen molar-refractivity contribution in [2.75, 3.05) is 31.6 Å². The van der Waals surface area contributed by atoms with E-state index < -0.39 is 0 Å². The lowest BCUT2D eigenvalue weighted by Gasteiger charge is -2.15. The van der Waals surface area contributed by atoms with Crippen LogP contribution in [-0.2, 0) is 9.59 Å². The zero-order chi connectivity index (χ0) is 14.4. The zero-order valence-corrected chi connectivity index (χ0v) is 11.3. The van der Waals surface area contributed by atoms with Crippen molar-refractivity contribution in [2.24, 2.45) is 5.73 Å². The number of rotatable bonds is 6. The first-order valence-corrected chi connectivity index (χ1v) is 6.69. The first kappa shape index (κ1) is 14.3. The second kappa shape index (κ2) is 6.91. The van der Waals surface area contributed by atoms with Gasteiger partial charge >= 0.3 is 0 Å². The Morgan fingerprint density at radius 3 is 2.70 bits per heavy atom. The molecule has 1 aliphatic heterocycles. The molecule has 0 aliphatic carbocycles. The Labute approximate surface area is 117 Å². The number of benzene rings is 1. The van der Waals surface area contributed by atoms with Crippen LogP contribution in [0.25, 0.3) is 0 Å². The summed E-state index contributed by atoms with van der Waals surface area (Å²) in [5, 5.41) is 2.76. The number of likely N-dealkylation sites (tertiary alicyclic amines) is 1. The van der Waals surface area contributed by atoms with Gasteiger partial charge in [-0.2, -0.15) is 0 Å². The number of carbonyl (C=O) groups excluding carboxylic acids is 2. The Morgan fingerprint density at radius 1 is 1.35 bits per heavy atom. The number of hydrogen-bond donors (Lipinski definition) is 2. The van der Waals surface area contributed by atoms with Crippen LogP contribution in [0.1, 0.15) is 12.8 Å². The predicted octanol–water partition coefficient (Wildman–Crippen LogP) is 0.585. The smallest absolute Gasteiger partial charge is 0.243 e. The van der Waals surface area contributed by atoms with Crippen molar-refractivity contribution in [1.82, 2.24) is 4.90 Å². The molecule has 2 amide bonds.